The monoisotopic (exact) mass is 348 g/mol. The molecule has 7 heteroatoms. The highest BCUT2D eigenvalue weighted by molar-refractivity contribution is 7.12. The van der Waals surface area contributed by atoms with Gasteiger partial charge in [-0.1, -0.05) is 0 Å². The number of anilines is 2. The summed E-state index contributed by atoms with van der Waals surface area (Å²) in [7, 11) is 1.30. The average Bonchev–Trinajstić information content (AvgIpc) is 3.02. The minimum atomic E-state index is -0.473. The molecule has 0 unspecified atom stereocenters. The molecule has 0 saturated carbocycles. The zero-order chi connectivity index (χ0) is 17.1. The van der Waals surface area contributed by atoms with E-state index in [1.165, 1.54) is 30.6 Å². The van der Waals surface area contributed by atoms with Crippen LogP contribution >= 0.6 is 11.3 Å². The third-order valence-corrected chi connectivity index (χ3v) is 4.80. The number of hydrogen-bond acceptors (Lipinski definition) is 5. The van der Waals surface area contributed by atoms with Crippen molar-refractivity contribution in [3.05, 3.63) is 45.9 Å². The molecule has 1 aromatic heterocycles. The second-order valence-corrected chi connectivity index (χ2v) is 6.42. The van der Waals surface area contributed by atoms with Gasteiger partial charge in [-0.3, -0.25) is 4.79 Å². The zero-order valence-corrected chi connectivity index (χ0v) is 14.0. The minimum absolute atomic E-state index is 0.148. The van der Waals surface area contributed by atoms with Crippen LogP contribution in [0.25, 0.3) is 0 Å². The molecule has 0 fully saturated rings. The lowest BCUT2D eigenvalue weighted by Crippen LogP contribution is -2.37. The molecule has 0 atom stereocenters. The number of nitrogens with one attached hydrogen (secondary N) is 1. The molecule has 1 aliphatic heterocycles. The van der Waals surface area contributed by atoms with Gasteiger partial charge in [0.05, 0.1) is 19.3 Å². The maximum absolute atomic E-state index is 13.3. The van der Waals surface area contributed by atoms with Gasteiger partial charge in [0, 0.05) is 12.2 Å². The maximum Gasteiger partial charge on any atom is 0.350 e. The number of carbonyl (C=O) groups excluding carboxylic acids is 2. The Kier molecular flexibility index (Phi) is 4.80. The van der Waals surface area contributed by atoms with E-state index in [9.17, 15) is 14.0 Å². The first kappa shape index (κ1) is 16.4. The number of carbonyl (C=O) groups is 2. The van der Waals surface area contributed by atoms with E-state index in [1.54, 1.807) is 17.5 Å². The first-order valence-electron chi connectivity index (χ1n) is 7.57. The molecule has 1 aromatic carbocycles. The summed E-state index contributed by atoms with van der Waals surface area (Å²) in [5.41, 5.74) is 2.25. The number of nitrogens with zero attached hydrogens (tertiary/aromatic N) is 1. The molecule has 126 valence electrons. The fourth-order valence-corrected chi connectivity index (χ4v) is 3.60. The van der Waals surface area contributed by atoms with Crippen LogP contribution in [0.5, 0.6) is 0 Å². The highest BCUT2D eigenvalue weighted by Crippen LogP contribution is 2.28. The van der Waals surface area contributed by atoms with Gasteiger partial charge in [-0.2, -0.15) is 0 Å². The Labute approximate surface area is 143 Å². The van der Waals surface area contributed by atoms with Gasteiger partial charge in [-0.05, 0) is 48.1 Å². The Morgan fingerprint density at radius 2 is 2.21 bits per heavy atom. The molecule has 1 amide bonds. The number of rotatable bonds is 4. The summed E-state index contributed by atoms with van der Waals surface area (Å²) in [6, 6.07) is 6.31. The first-order valence-corrected chi connectivity index (χ1v) is 8.45. The van der Waals surface area contributed by atoms with E-state index < -0.39 is 5.97 Å². The summed E-state index contributed by atoms with van der Waals surface area (Å²) >= 11 is 1.22. The summed E-state index contributed by atoms with van der Waals surface area (Å²) in [6.07, 6.45) is 1.68. The minimum Gasteiger partial charge on any atom is -0.465 e. The van der Waals surface area contributed by atoms with Crippen molar-refractivity contribution in [3.8, 4) is 0 Å². The molecule has 3 rings (SSSR count). The Morgan fingerprint density at radius 1 is 1.38 bits per heavy atom. The smallest absolute Gasteiger partial charge is 0.350 e. The van der Waals surface area contributed by atoms with E-state index in [0.29, 0.717) is 10.6 Å². The van der Waals surface area contributed by atoms with Crippen molar-refractivity contribution in [1.29, 1.82) is 0 Å². The third kappa shape index (κ3) is 3.41. The molecule has 2 aromatic rings. The molecule has 1 N–H and O–H groups in total. The quantitative estimate of drug-likeness (QED) is 0.863. The second-order valence-electron chi connectivity index (χ2n) is 5.50. The summed E-state index contributed by atoms with van der Waals surface area (Å²) < 4.78 is 18.0. The van der Waals surface area contributed by atoms with E-state index >= 15 is 0 Å². The molecular weight excluding hydrogens is 331 g/mol. The van der Waals surface area contributed by atoms with Crippen LogP contribution in [-0.2, 0) is 16.0 Å². The van der Waals surface area contributed by atoms with Gasteiger partial charge >= 0.3 is 5.97 Å². The molecule has 24 heavy (non-hydrogen) atoms. The van der Waals surface area contributed by atoms with Crippen LogP contribution < -0.4 is 10.2 Å². The number of ether oxygens (including phenoxy) is 1. The molecular formula is C17H17FN2O3S. The second kappa shape index (κ2) is 7.00. The molecule has 0 bridgehead atoms. The number of fused-ring (bicyclic) bond motifs is 1. The summed E-state index contributed by atoms with van der Waals surface area (Å²) in [6.45, 7) is 0.884. The number of esters is 1. The topological polar surface area (TPSA) is 58.6 Å². The highest BCUT2D eigenvalue weighted by Gasteiger charge is 2.21. The lowest BCUT2D eigenvalue weighted by Gasteiger charge is -2.30. The Balaban J connectivity index is 1.71. The van der Waals surface area contributed by atoms with Crippen molar-refractivity contribution in [2.24, 2.45) is 0 Å². The number of aryl methyl sites for hydroxylation is 1. The first-order chi connectivity index (χ1) is 11.6. The SMILES string of the molecule is COC(=O)c1sccc1NC(=O)CN1CCCc2cc(F)ccc21. The standard InChI is InChI=1S/C17H17FN2O3S/c1-23-17(22)16-13(6-8-24-16)19-15(21)10-20-7-2-3-11-9-12(18)4-5-14(11)20/h4-6,8-9H,2-3,7,10H2,1H3,(H,19,21). The number of methoxy groups -OCH3 is 1. The van der Waals surface area contributed by atoms with E-state index in [1.807, 2.05) is 4.90 Å². The summed E-state index contributed by atoms with van der Waals surface area (Å²) in [5, 5.41) is 4.47. The van der Waals surface area contributed by atoms with Crippen molar-refractivity contribution in [2.45, 2.75) is 12.8 Å². The fraction of sp³-hybridized carbons (Fsp3) is 0.294. The number of thiophene rings is 1. The lowest BCUT2D eigenvalue weighted by atomic mass is 10.0. The van der Waals surface area contributed by atoms with Gasteiger partial charge in [0.15, 0.2) is 0 Å². The van der Waals surface area contributed by atoms with E-state index in [-0.39, 0.29) is 18.3 Å². The van der Waals surface area contributed by atoms with Crippen molar-refractivity contribution in [3.63, 3.8) is 0 Å². The van der Waals surface area contributed by atoms with Crippen LogP contribution in [0.1, 0.15) is 21.7 Å². The number of amides is 1. The van der Waals surface area contributed by atoms with Gasteiger partial charge in [-0.15, -0.1) is 11.3 Å². The van der Waals surface area contributed by atoms with Crippen molar-refractivity contribution >= 4 is 34.6 Å². The molecule has 1 aliphatic rings. The predicted octanol–water partition coefficient (Wildman–Crippen LogP) is 3.07. The molecule has 5 nitrogen and oxygen atoms in total. The molecule has 0 aliphatic carbocycles. The zero-order valence-electron chi connectivity index (χ0n) is 13.2. The third-order valence-electron chi connectivity index (χ3n) is 3.90. The molecule has 0 saturated heterocycles. The summed E-state index contributed by atoms with van der Waals surface area (Å²) in [4.78, 5) is 26.3. The number of benzene rings is 1. The van der Waals surface area contributed by atoms with Crippen LogP contribution in [0.15, 0.2) is 29.6 Å². The van der Waals surface area contributed by atoms with Crippen LogP contribution in [0.2, 0.25) is 0 Å². The maximum atomic E-state index is 13.3. The fourth-order valence-electron chi connectivity index (χ4n) is 2.83. The Hall–Kier alpha value is -2.41. The number of hydrogen-bond donors (Lipinski definition) is 1. The highest BCUT2D eigenvalue weighted by atomic mass is 32.1. The van der Waals surface area contributed by atoms with Gasteiger partial charge < -0.3 is 15.0 Å². The van der Waals surface area contributed by atoms with Crippen LogP contribution in [-0.4, -0.2) is 32.1 Å². The lowest BCUT2D eigenvalue weighted by molar-refractivity contribution is -0.115. The predicted molar refractivity (Wildman–Crippen MR) is 91.2 cm³/mol. The van der Waals surface area contributed by atoms with Crippen molar-refractivity contribution in [2.75, 3.05) is 30.4 Å². The normalized spacial score (nSPS) is 13.3. The van der Waals surface area contributed by atoms with E-state index in [2.05, 4.69) is 5.32 Å². The molecule has 0 radical (unpaired) electrons. The largest absolute Gasteiger partial charge is 0.465 e. The van der Waals surface area contributed by atoms with Crippen LogP contribution in [0.4, 0.5) is 15.8 Å². The van der Waals surface area contributed by atoms with Gasteiger partial charge in [0.25, 0.3) is 0 Å². The molecule has 0 spiro atoms. The van der Waals surface area contributed by atoms with Gasteiger partial charge in [0.2, 0.25) is 5.91 Å². The Bertz CT molecular complexity index is 775. The van der Waals surface area contributed by atoms with Crippen molar-refractivity contribution < 1.29 is 18.7 Å². The average molecular weight is 348 g/mol. The van der Waals surface area contributed by atoms with Crippen LogP contribution in [0, 0.1) is 5.82 Å². The van der Waals surface area contributed by atoms with Gasteiger partial charge in [-0.25, -0.2) is 9.18 Å². The van der Waals surface area contributed by atoms with Crippen molar-refractivity contribution in [1.82, 2.24) is 0 Å². The van der Waals surface area contributed by atoms with Crippen LogP contribution in [0.3, 0.4) is 0 Å². The van der Waals surface area contributed by atoms with Gasteiger partial charge in [0.1, 0.15) is 10.7 Å². The summed E-state index contributed by atoms with van der Waals surface area (Å²) in [5.74, 6) is -0.962. The Morgan fingerprint density at radius 3 is 3.00 bits per heavy atom. The number of halogens is 1. The van der Waals surface area contributed by atoms with E-state index in [0.717, 1.165) is 30.6 Å². The van der Waals surface area contributed by atoms with E-state index in [4.69, 9.17) is 4.74 Å². The molecule has 2 heterocycles.